The van der Waals surface area contributed by atoms with E-state index < -0.39 is 30.0 Å². The fourth-order valence-electron chi connectivity index (χ4n) is 10.5. The van der Waals surface area contributed by atoms with E-state index in [-0.39, 0.29) is 45.3 Å². The first kappa shape index (κ1) is 27.6. The minimum absolute atomic E-state index is 0.00638. The molecular weight excluding hydrogens is 440 g/mol. The Labute approximate surface area is 213 Å². The molecular formula is C30H52O5. The molecule has 0 heterocycles. The maximum absolute atomic E-state index is 11.8. The number of hydrogen-bond acceptors (Lipinski definition) is 5. The second-order valence-corrected chi connectivity index (χ2v) is 14.8. The molecule has 0 bridgehead atoms. The zero-order valence-corrected chi connectivity index (χ0v) is 23.2. The van der Waals surface area contributed by atoms with Crippen molar-refractivity contribution in [1.82, 2.24) is 0 Å². The van der Waals surface area contributed by atoms with E-state index in [0.29, 0.717) is 31.3 Å². The van der Waals surface area contributed by atoms with E-state index in [0.717, 1.165) is 25.7 Å². The lowest BCUT2D eigenvalue weighted by Crippen LogP contribution is -2.69. The summed E-state index contributed by atoms with van der Waals surface area (Å²) in [4.78, 5) is 0. The first-order valence-electron chi connectivity index (χ1n) is 14.0. The number of rotatable bonds is 5. The Hall–Kier alpha value is -0.460. The van der Waals surface area contributed by atoms with Crippen LogP contribution in [0.2, 0.25) is 0 Å². The van der Waals surface area contributed by atoms with Crippen LogP contribution in [0.5, 0.6) is 0 Å². The van der Waals surface area contributed by atoms with Gasteiger partial charge in [0, 0.05) is 0 Å². The minimum atomic E-state index is -0.986. The van der Waals surface area contributed by atoms with Crippen LogP contribution in [0.4, 0.5) is 0 Å². The summed E-state index contributed by atoms with van der Waals surface area (Å²) in [5, 5.41) is 56.3. The molecule has 4 aliphatic carbocycles. The molecule has 4 fully saturated rings. The summed E-state index contributed by atoms with van der Waals surface area (Å²) in [5.74, 6) is 0.147. The highest BCUT2D eigenvalue weighted by Crippen LogP contribution is 2.75. The van der Waals surface area contributed by atoms with E-state index in [2.05, 4.69) is 41.2 Å². The predicted octanol–water partition coefficient (Wildman–Crippen LogP) is 4.44. The van der Waals surface area contributed by atoms with Crippen molar-refractivity contribution >= 4 is 0 Å². The molecule has 12 atom stereocenters. The summed E-state index contributed by atoms with van der Waals surface area (Å²) in [6, 6.07) is 0. The molecule has 4 saturated carbocycles. The van der Waals surface area contributed by atoms with E-state index in [1.54, 1.807) is 0 Å². The van der Waals surface area contributed by atoms with Crippen molar-refractivity contribution in [3.8, 4) is 0 Å². The molecule has 4 rings (SSSR count). The van der Waals surface area contributed by atoms with Gasteiger partial charge in [0.05, 0.1) is 30.0 Å². The maximum Gasteiger partial charge on any atom is 0.0745 e. The van der Waals surface area contributed by atoms with Crippen LogP contribution >= 0.6 is 0 Å². The molecule has 0 spiro atoms. The summed E-state index contributed by atoms with van der Waals surface area (Å²) < 4.78 is 0. The van der Waals surface area contributed by atoms with Crippen LogP contribution in [0.15, 0.2) is 12.2 Å². The number of aliphatic hydroxyl groups is 5. The van der Waals surface area contributed by atoms with E-state index in [9.17, 15) is 25.5 Å². The standard InChI is InChI=1S/C30H52O5/c1-17(2)19(31)10-14-30(8,35)18-9-13-28(6)24(18)20(32)15-22-27(5)12-11-23(34)26(3,4)25(27)21(33)16-29(22,28)7/h18-25,31-35H,1,9-16H2,2-8H3/t18-,19-,20-,21?,22+,23?,24+,25?,27+,28-,29+,30-/m0/s1. The van der Waals surface area contributed by atoms with Crippen molar-refractivity contribution in [2.45, 2.75) is 130 Å². The average Bonchev–Trinajstić information content (AvgIpc) is 3.12. The molecule has 0 aromatic rings. The molecule has 0 aliphatic heterocycles. The van der Waals surface area contributed by atoms with Crippen molar-refractivity contribution in [1.29, 1.82) is 0 Å². The van der Waals surface area contributed by atoms with Crippen molar-refractivity contribution in [2.24, 2.45) is 45.3 Å². The van der Waals surface area contributed by atoms with E-state index in [1.807, 2.05) is 13.8 Å². The highest BCUT2D eigenvalue weighted by molar-refractivity contribution is 5.21. The lowest BCUT2D eigenvalue weighted by molar-refractivity contribution is -0.274. The van der Waals surface area contributed by atoms with Crippen LogP contribution < -0.4 is 0 Å². The molecule has 0 saturated heterocycles. The Kier molecular flexibility index (Phi) is 6.72. The van der Waals surface area contributed by atoms with E-state index in [4.69, 9.17) is 0 Å². The second kappa shape index (κ2) is 8.53. The van der Waals surface area contributed by atoms with E-state index in [1.165, 1.54) is 0 Å². The van der Waals surface area contributed by atoms with Crippen LogP contribution in [-0.2, 0) is 0 Å². The molecule has 0 radical (unpaired) electrons. The number of fused-ring (bicyclic) bond motifs is 5. The lowest BCUT2D eigenvalue weighted by atomic mass is 9.34. The Morgan fingerprint density at radius 3 is 2.23 bits per heavy atom. The molecule has 5 heteroatoms. The molecule has 5 N–H and O–H groups in total. The maximum atomic E-state index is 11.8. The molecule has 0 aromatic carbocycles. The van der Waals surface area contributed by atoms with Gasteiger partial charge in [0.25, 0.3) is 0 Å². The van der Waals surface area contributed by atoms with Gasteiger partial charge in [-0.3, -0.25) is 0 Å². The number of aliphatic hydroxyl groups excluding tert-OH is 4. The minimum Gasteiger partial charge on any atom is -0.393 e. The van der Waals surface area contributed by atoms with Gasteiger partial charge < -0.3 is 25.5 Å². The Morgan fingerprint density at radius 1 is 1.00 bits per heavy atom. The van der Waals surface area contributed by atoms with Gasteiger partial charge in [0.2, 0.25) is 0 Å². The van der Waals surface area contributed by atoms with Gasteiger partial charge in [-0.05, 0) is 111 Å². The summed E-state index contributed by atoms with van der Waals surface area (Å²) in [7, 11) is 0. The normalized spacial score (nSPS) is 51.5. The average molecular weight is 493 g/mol. The topological polar surface area (TPSA) is 101 Å². The van der Waals surface area contributed by atoms with Crippen LogP contribution in [0, 0.1) is 45.3 Å². The molecule has 5 nitrogen and oxygen atoms in total. The van der Waals surface area contributed by atoms with Crippen LogP contribution in [0.1, 0.15) is 99.8 Å². The van der Waals surface area contributed by atoms with Crippen LogP contribution in [-0.4, -0.2) is 55.5 Å². The fraction of sp³-hybridized carbons (Fsp3) is 0.933. The molecule has 202 valence electrons. The summed E-state index contributed by atoms with van der Waals surface area (Å²) in [6.07, 6.45) is 3.62. The zero-order valence-electron chi connectivity index (χ0n) is 23.2. The monoisotopic (exact) mass is 492 g/mol. The largest absolute Gasteiger partial charge is 0.393 e. The Balaban J connectivity index is 1.68. The molecule has 35 heavy (non-hydrogen) atoms. The van der Waals surface area contributed by atoms with Crippen molar-refractivity contribution < 1.29 is 25.5 Å². The molecule has 0 amide bonds. The first-order valence-corrected chi connectivity index (χ1v) is 14.0. The molecule has 0 aromatic heterocycles. The van der Waals surface area contributed by atoms with Crippen molar-refractivity contribution in [2.75, 3.05) is 0 Å². The summed E-state index contributed by atoms with van der Waals surface area (Å²) in [5.41, 5.74) is -1.17. The van der Waals surface area contributed by atoms with Gasteiger partial charge in [0.15, 0.2) is 0 Å². The second-order valence-electron chi connectivity index (χ2n) is 14.8. The van der Waals surface area contributed by atoms with Gasteiger partial charge in [-0.2, -0.15) is 0 Å². The summed E-state index contributed by atoms with van der Waals surface area (Å²) >= 11 is 0. The highest BCUT2D eigenvalue weighted by atomic mass is 16.3. The smallest absolute Gasteiger partial charge is 0.0745 e. The third-order valence-electron chi connectivity index (χ3n) is 12.5. The quantitative estimate of drug-likeness (QED) is 0.365. The summed E-state index contributed by atoms with van der Waals surface area (Å²) in [6.45, 7) is 18.7. The fourth-order valence-corrected chi connectivity index (χ4v) is 10.5. The highest BCUT2D eigenvalue weighted by Gasteiger charge is 2.72. The van der Waals surface area contributed by atoms with Crippen molar-refractivity contribution in [3.63, 3.8) is 0 Å². The lowest BCUT2D eigenvalue weighted by Gasteiger charge is -2.71. The van der Waals surface area contributed by atoms with Crippen molar-refractivity contribution in [3.05, 3.63) is 12.2 Å². The molecule has 4 aliphatic rings. The predicted molar refractivity (Wildman–Crippen MR) is 138 cm³/mol. The first-order chi connectivity index (χ1) is 15.9. The van der Waals surface area contributed by atoms with Gasteiger partial charge in [0.1, 0.15) is 0 Å². The van der Waals surface area contributed by atoms with Gasteiger partial charge >= 0.3 is 0 Å². The third-order valence-corrected chi connectivity index (χ3v) is 12.5. The number of hydrogen-bond donors (Lipinski definition) is 5. The Morgan fingerprint density at radius 2 is 1.63 bits per heavy atom. The van der Waals surface area contributed by atoms with Gasteiger partial charge in [-0.15, -0.1) is 0 Å². The zero-order chi connectivity index (χ0) is 26.4. The van der Waals surface area contributed by atoms with Gasteiger partial charge in [-0.25, -0.2) is 0 Å². The van der Waals surface area contributed by atoms with Crippen LogP contribution in [0.25, 0.3) is 0 Å². The van der Waals surface area contributed by atoms with Crippen LogP contribution in [0.3, 0.4) is 0 Å². The third kappa shape index (κ3) is 3.81. The van der Waals surface area contributed by atoms with Gasteiger partial charge in [-0.1, -0.05) is 46.8 Å². The van der Waals surface area contributed by atoms with E-state index >= 15 is 0 Å². The molecule has 3 unspecified atom stereocenters. The SMILES string of the molecule is C=C(C)[C@@H](O)CC[C@](C)(O)[C@H]1CC[C@@]2(C)[C@H]1[C@@H](O)C[C@@H]1[C@@]3(C)CCC(O)C(C)(C)C3C(O)C[C@]12C. The Bertz CT molecular complexity index is 837.